The lowest BCUT2D eigenvalue weighted by Crippen LogP contribution is -2.44. The van der Waals surface area contributed by atoms with Gasteiger partial charge in [-0.1, -0.05) is 18.2 Å². The highest BCUT2D eigenvalue weighted by Crippen LogP contribution is 2.22. The van der Waals surface area contributed by atoms with Crippen molar-refractivity contribution < 1.29 is 14.6 Å². The molecule has 1 aromatic heterocycles. The summed E-state index contributed by atoms with van der Waals surface area (Å²) in [5.74, 6) is 0.685. The molecular weight excluding hydrogens is 306 g/mol. The van der Waals surface area contributed by atoms with Crippen LogP contribution in [0.4, 0.5) is 0 Å². The van der Waals surface area contributed by atoms with Gasteiger partial charge in [0.2, 0.25) is 5.91 Å². The van der Waals surface area contributed by atoms with Crippen LogP contribution in [0, 0.1) is 0 Å². The number of nitrogens with zero attached hydrogens (tertiary/aromatic N) is 2. The first-order chi connectivity index (χ1) is 11.7. The van der Waals surface area contributed by atoms with E-state index in [4.69, 9.17) is 4.74 Å². The predicted octanol–water partition coefficient (Wildman–Crippen LogP) is 1.19. The Kier molecular flexibility index (Phi) is 5.61. The molecule has 24 heavy (non-hydrogen) atoms. The van der Waals surface area contributed by atoms with E-state index in [1.807, 2.05) is 35.2 Å². The Morgan fingerprint density at radius 3 is 3.12 bits per heavy atom. The van der Waals surface area contributed by atoms with Gasteiger partial charge < -0.3 is 15.2 Å². The molecule has 0 bridgehead atoms. The molecule has 6 nitrogen and oxygen atoms in total. The third-order valence-corrected chi connectivity index (χ3v) is 4.13. The Balaban J connectivity index is 1.42. The van der Waals surface area contributed by atoms with E-state index in [1.54, 1.807) is 6.20 Å². The molecule has 0 saturated carbocycles. The molecule has 2 heterocycles. The normalized spacial score (nSPS) is 18.5. The third kappa shape index (κ3) is 4.43. The molecule has 1 aromatic carbocycles. The number of ether oxygens (including phenoxy) is 1. The molecule has 2 N–H and O–H groups in total. The van der Waals surface area contributed by atoms with Gasteiger partial charge in [0, 0.05) is 18.1 Å². The monoisotopic (exact) mass is 329 g/mol. The number of fused-ring (bicyclic) bond motifs is 1. The Bertz CT molecular complexity index is 687. The minimum absolute atomic E-state index is 0.0382. The van der Waals surface area contributed by atoms with E-state index in [-0.39, 0.29) is 12.0 Å². The molecule has 0 aliphatic carbocycles. The summed E-state index contributed by atoms with van der Waals surface area (Å²) in [5.41, 5.74) is 0.827. The zero-order valence-electron chi connectivity index (χ0n) is 13.6. The van der Waals surface area contributed by atoms with Crippen LogP contribution in [-0.4, -0.2) is 59.8 Å². The van der Waals surface area contributed by atoms with Crippen molar-refractivity contribution in [1.82, 2.24) is 15.2 Å². The second-order valence-electron chi connectivity index (χ2n) is 6.06. The van der Waals surface area contributed by atoms with Crippen molar-refractivity contribution in [3.63, 3.8) is 0 Å². The number of aromatic nitrogens is 1. The molecule has 0 spiro atoms. The fourth-order valence-corrected chi connectivity index (χ4v) is 2.98. The minimum atomic E-state index is -0.311. The number of para-hydroxylation sites is 1. The maximum absolute atomic E-state index is 11.9. The number of benzene rings is 1. The Morgan fingerprint density at radius 1 is 1.38 bits per heavy atom. The SMILES string of the molecule is O=C(CN1CCCC(O)C1)NCCOc1cccc2cccnc12. The molecule has 6 heteroatoms. The summed E-state index contributed by atoms with van der Waals surface area (Å²) in [4.78, 5) is 18.3. The minimum Gasteiger partial charge on any atom is -0.489 e. The van der Waals surface area contributed by atoms with Crippen molar-refractivity contribution in [2.45, 2.75) is 18.9 Å². The first-order valence-electron chi connectivity index (χ1n) is 8.36. The van der Waals surface area contributed by atoms with E-state index in [0.29, 0.717) is 26.2 Å². The maximum Gasteiger partial charge on any atom is 0.234 e. The Morgan fingerprint density at radius 2 is 2.25 bits per heavy atom. The average molecular weight is 329 g/mol. The summed E-state index contributed by atoms with van der Waals surface area (Å²) in [6, 6.07) is 9.68. The molecule has 1 aliphatic heterocycles. The number of rotatable bonds is 6. The third-order valence-electron chi connectivity index (χ3n) is 4.13. The second-order valence-corrected chi connectivity index (χ2v) is 6.06. The zero-order chi connectivity index (χ0) is 16.8. The number of β-amino-alcohol motifs (C(OH)–C–C–N with tert-alkyl or cyclic N) is 1. The van der Waals surface area contributed by atoms with Crippen molar-refractivity contribution in [2.75, 3.05) is 32.8 Å². The van der Waals surface area contributed by atoms with Crippen molar-refractivity contribution in [3.8, 4) is 5.75 Å². The Hall–Kier alpha value is -2.18. The number of aliphatic hydroxyl groups excluding tert-OH is 1. The number of hydrogen-bond acceptors (Lipinski definition) is 5. The number of carbonyl (C=O) groups excluding carboxylic acids is 1. The second kappa shape index (κ2) is 8.08. The average Bonchev–Trinajstić information content (AvgIpc) is 2.59. The van der Waals surface area contributed by atoms with Gasteiger partial charge in [0.25, 0.3) is 0 Å². The fraction of sp³-hybridized carbons (Fsp3) is 0.444. The molecule has 3 rings (SSSR count). The number of piperidine rings is 1. The van der Waals surface area contributed by atoms with Gasteiger partial charge in [-0.15, -0.1) is 0 Å². The highest BCUT2D eigenvalue weighted by Gasteiger charge is 2.19. The van der Waals surface area contributed by atoms with Crippen molar-refractivity contribution in [3.05, 3.63) is 36.5 Å². The smallest absolute Gasteiger partial charge is 0.234 e. The molecule has 1 fully saturated rings. The van der Waals surface area contributed by atoms with Gasteiger partial charge in [0.05, 0.1) is 19.2 Å². The first-order valence-corrected chi connectivity index (χ1v) is 8.36. The van der Waals surface area contributed by atoms with Gasteiger partial charge >= 0.3 is 0 Å². The molecule has 1 atom stereocenters. The van der Waals surface area contributed by atoms with Gasteiger partial charge in [0.1, 0.15) is 17.9 Å². The summed E-state index contributed by atoms with van der Waals surface area (Å²) in [5, 5.41) is 13.5. The lowest BCUT2D eigenvalue weighted by Gasteiger charge is -2.29. The quantitative estimate of drug-likeness (QED) is 0.779. The number of likely N-dealkylation sites (tertiary alicyclic amines) is 1. The standard InChI is InChI=1S/C18H23N3O3/c22-15-6-3-10-21(12-15)13-17(23)19-9-11-24-16-7-1-4-14-5-2-8-20-18(14)16/h1-2,4-5,7-8,15,22H,3,6,9-13H2,(H,19,23). The number of carbonyl (C=O) groups is 1. The molecule has 2 aromatic rings. The van der Waals surface area contributed by atoms with E-state index in [0.717, 1.165) is 36.0 Å². The largest absolute Gasteiger partial charge is 0.489 e. The molecule has 1 saturated heterocycles. The molecule has 1 unspecified atom stereocenters. The predicted molar refractivity (Wildman–Crippen MR) is 91.9 cm³/mol. The number of pyridine rings is 1. The van der Waals surface area contributed by atoms with Crippen LogP contribution >= 0.6 is 0 Å². The van der Waals surface area contributed by atoms with E-state index in [2.05, 4.69) is 10.3 Å². The number of aliphatic hydroxyl groups is 1. The lowest BCUT2D eigenvalue weighted by molar-refractivity contribution is -0.123. The topological polar surface area (TPSA) is 74.7 Å². The number of nitrogens with one attached hydrogen (secondary N) is 1. The van der Waals surface area contributed by atoms with E-state index >= 15 is 0 Å². The van der Waals surface area contributed by atoms with Crippen molar-refractivity contribution in [2.24, 2.45) is 0 Å². The maximum atomic E-state index is 11.9. The van der Waals surface area contributed by atoms with E-state index in [1.165, 1.54) is 0 Å². The van der Waals surface area contributed by atoms with E-state index < -0.39 is 0 Å². The summed E-state index contributed by atoms with van der Waals surface area (Å²) in [6.07, 6.45) is 3.19. The lowest BCUT2D eigenvalue weighted by atomic mass is 10.1. The highest BCUT2D eigenvalue weighted by atomic mass is 16.5. The zero-order valence-corrected chi connectivity index (χ0v) is 13.6. The summed E-state index contributed by atoms with van der Waals surface area (Å²) >= 11 is 0. The van der Waals surface area contributed by atoms with Crippen LogP contribution in [0.2, 0.25) is 0 Å². The van der Waals surface area contributed by atoms with Crippen LogP contribution in [0.1, 0.15) is 12.8 Å². The number of hydrogen-bond donors (Lipinski definition) is 2. The first kappa shape index (κ1) is 16.7. The van der Waals surface area contributed by atoms with Crippen molar-refractivity contribution >= 4 is 16.8 Å². The van der Waals surface area contributed by atoms with Crippen LogP contribution < -0.4 is 10.1 Å². The van der Waals surface area contributed by atoms with Crippen LogP contribution in [0.15, 0.2) is 36.5 Å². The van der Waals surface area contributed by atoms with Crippen LogP contribution in [0.25, 0.3) is 10.9 Å². The number of amides is 1. The van der Waals surface area contributed by atoms with E-state index in [9.17, 15) is 9.90 Å². The Labute approximate surface area is 141 Å². The molecule has 1 aliphatic rings. The summed E-state index contributed by atoms with van der Waals surface area (Å²) < 4.78 is 5.75. The molecule has 128 valence electrons. The molecule has 0 radical (unpaired) electrons. The van der Waals surface area contributed by atoms with Gasteiger partial charge in [-0.05, 0) is 31.5 Å². The van der Waals surface area contributed by atoms with Crippen LogP contribution in [0.3, 0.4) is 0 Å². The fourth-order valence-electron chi connectivity index (χ4n) is 2.98. The van der Waals surface area contributed by atoms with Crippen molar-refractivity contribution in [1.29, 1.82) is 0 Å². The summed E-state index contributed by atoms with van der Waals surface area (Å²) in [7, 11) is 0. The van der Waals surface area contributed by atoms with Gasteiger partial charge in [-0.3, -0.25) is 14.7 Å². The highest BCUT2D eigenvalue weighted by molar-refractivity contribution is 5.84. The van der Waals surface area contributed by atoms with Gasteiger partial charge in [0.15, 0.2) is 0 Å². The van der Waals surface area contributed by atoms with Crippen LogP contribution in [-0.2, 0) is 4.79 Å². The van der Waals surface area contributed by atoms with Crippen LogP contribution in [0.5, 0.6) is 5.75 Å². The van der Waals surface area contributed by atoms with Gasteiger partial charge in [-0.2, -0.15) is 0 Å². The molecule has 1 amide bonds. The summed E-state index contributed by atoms with van der Waals surface area (Å²) in [6.45, 7) is 2.60. The molecular formula is C18H23N3O3. The van der Waals surface area contributed by atoms with Gasteiger partial charge in [-0.25, -0.2) is 0 Å².